The predicted molar refractivity (Wildman–Crippen MR) is 142 cm³/mol. The Morgan fingerprint density at radius 3 is 2.26 bits per heavy atom. The summed E-state index contributed by atoms with van der Waals surface area (Å²) in [7, 11) is 0. The number of rotatable bonds is 4. The first-order chi connectivity index (χ1) is 16.2. The monoisotopic (exact) mass is 445 g/mol. The average Bonchev–Trinajstić information content (AvgIpc) is 2.83. The smallest absolute Gasteiger partial charge is 0.134 e. The summed E-state index contributed by atoms with van der Waals surface area (Å²) in [5.74, 6) is 0.866. The van der Waals surface area contributed by atoms with Crippen molar-refractivity contribution < 1.29 is 0 Å². The summed E-state index contributed by atoms with van der Waals surface area (Å²) in [5.41, 5.74) is 6.91. The number of benzene rings is 3. The maximum absolute atomic E-state index is 4.89. The van der Waals surface area contributed by atoms with Gasteiger partial charge in [-0.25, -0.2) is 9.97 Å². The lowest BCUT2D eigenvalue weighted by molar-refractivity contribution is 0.490. The Kier molecular flexibility index (Phi) is 5.44. The van der Waals surface area contributed by atoms with E-state index in [1.165, 1.54) is 27.6 Å². The Labute approximate surface area is 201 Å². The van der Waals surface area contributed by atoms with Crippen LogP contribution in [0.1, 0.15) is 51.6 Å². The van der Waals surface area contributed by atoms with Gasteiger partial charge in [-0.1, -0.05) is 95.3 Å². The van der Waals surface area contributed by atoms with Gasteiger partial charge in [0.2, 0.25) is 0 Å². The van der Waals surface area contributed by atoms with Crippen molar-refractivity contribution in [2.45, 2.75) is 51.9 Å². The van der Waals surface area contributed by atoms with Gasteiger partial charge in [-0.05, 0) is 40.7 Å². The molecule has 0 N–H and O–H groups in total. The molecule has 0 spiro atoms. The van der Waals surface area contributed by atoms with Crippen LogP contribution in [0.5, 0.6) is 0 Å². The van der Waals surface area contributed by atoms with Crippen molar-refractivity contribution in [2.75, 3.05) is 0 Å². The van der Waals surface area contributed by atoms with E-state index in [-0.39, 0.29) is 10.8 Å². The normalized spacial score (nSPS) is 12.4. The summed E-state index contributed by atoms with van der Waals surface area (Å²) >= 11 is 0. The molecule has 0 radical (unpaired) electrons. The summed E-state index contributed by atoms with van der Waals surface area (Å²) in [4.78, 5) is 14.4. The Balaban J connectivity index is 1.53. The van der Waals surface area contributed by atoms with Crippen LogP contribution in [0.4, 0.5) is 0 Å². The van der Waals surface area contributed by atoms with Crippen LogP contribution in [0.3, 0.4) is 0 Å². The first-order valence-corrected chi connectivity index (χ1v) is 11.9. The lowest BCUT2D eigenvalue weighted by Gasteiger charge is -2.24. The van der Waals surface area contributed by atoms with E-state index in [4.69, 9.17) is 15.0 Å². The van der Waals surface area contributed by atoms with Gasteiger partial charge in [-0.15, -0.1) is 0 Å². The van der Waals surface area contributed by atoms with Crippen LogP contribution in [0.2, 0.25) is 0 Å². The van der Waals surface area contributed by atoms with Crippen molar-refractivity contribution in [3.63, 3.8) is 0 Å². The molecule has 3 heteroatoms. The third kappa shape index (κ3) is 4.19. The highest BCUT2D eigenvalue weighted by Gasteiger charge is 2.26. The van der Waals surface area contributed by atoms with Gasteiger partial charge < -0.3 is 0 Å². The number of aromatic nitrogens is 3. The SMILES string of the molecule is CC(C)(C)c1ccc(-c2ccc(CC(C)(C)c3ncc4ccccc4n3)c3cccnc23)cc1. The number of para-hydroxylation sites is 1. The van der Waals surface area contributed by atoms with Gasteiger partial charge >= 0.3 is 0 Å². The van der Waals surface area contributed by atoms with E-state index in [1.807, 2.05) is 30.6 Å². The molecule has 5 rings (SSSR count). The summed E-state index contributed by atoms with van der Waals surface area (Å²) < 4.78 is 0. The van der Waals surface area contributed by atoms with E-state index in [1.54, 1.807) is 0 Å². The van der Waals surface area contributed by atoms with Crippen molar-refractivity contribution in [3.05, 3.63) is 102 Å². The third-order valence-corrected chi connectivity index (χ3v) is 6.65. The second kappa shape index (κ2) is 8.32. The highest BCUT2D eigenvalue weighted by Crippen LogP contribution is 2.34. The lowest BCUT2D eigenvalue weighted by Crippen LogP contribution is -2.24. The van der Waals surface area contributed by atoms with Gasteiger partial charge in [-0.3, -0.25) is 4.98 Å². The van der Waals surface area contributed by atoms with Crippen LogP contribution in [0.15, 0.2) is 85.2 Å². The first-order valence-electron chi connectivity index (χ1n) is 11.9. The van der Waals surface area contributed by atoms with E-state index >= 15 is 0 Å². The van der Waals surface area contributed by atoms with E-state index in [9.17, 15) is 0 Å². The predicted octanol–water partition coefficient (Wildman–Crippen LogP) is 7.66. The Bertz CT molecular complexity index is 1470. The zero-order chi connectivity index (χ0) is 23.9. The highest BCUT2D eigenvalue weighted by atomic mass is 14.9. The maximum atomic E-state index is 4.89. The van der Waals surface area contributed by atoms with Gasteiger partial charge in [0.05, 0.1) is 11.0 Å². The molecule has 0 atom stereocenters. The molecule has 0 fully saturated rings. The number of fused-ring (bicyclic) bond motifs is 2. The Morgan fingerprint density at radius 2 is 1.50 bits per heavy atom. The third-order valence-electron chi connectivity index (χ3n) is 6.65. The molecule has 170 valence electrons. The molecule has 34 heavy (non-hydrogen) atoms. The van der Waals surface area contributed by atoms with Crippen molar-refractivity contribution in [1.29, 1.82) is 0 Å². The van der Waals surface area contributed by atoms with Crippen LogP contribution < -0.4 is 0 Å². The second-order valence-corrected chi connectivity index (χ2v) is 10.8. The summed E-state index contributed by atoms with van der Waals surface area (Å²) in [6.07, 6.45) is 4.65. The largest absolute Gasteiger partial charge is 0.256 e. The number of nitrogens with zero attached hydrogens (tertiary/aromatic N) is 3. The highest BCUT2D eigenvalue weighted by molar-refractivity contribution is 5.95. The fraction of sp³-hybridized carbons (Fsp3) is 0.258. The molecule has 0 saturated heterocycles. The second-order valence-electron chi connectivity index (χ2n) is 10.8. The van der Waals surface area contributed by atoms with Crippen LogP contribution in [0, 0.1) is 0 Å². The fourth-order valence-electron chi connectivity index (χ4n) is 4.62. The molecular formula is C31H31N3. The minimum absolute atomic E-state index is 0.138. The number of pyridine rings is 1. The van der Waals surface area contributed by atoms with Crippen LogP contribution in [0.25, 0.3) is 32.9 Å². The Hall–Kier alpha value is -3.59. The number of hydrogen-bond donors (Lipinski definition) is 0. The molecule has 3 aromatic carbocycles. The van der Waals surface area contributed by atoms with Gasteiger partial charge in [0.25, 0.3) is 0 Å². The van der Waals surface area contributed by atoms with Gasteiger partial charge in [0.15, 0.2) is 0 Å². The van der Waals surface area contributed by atoms with Crippen LogP contribution in [-0.2, 0) is 17.3 Å². The van der Waals surface area contributed by atoms with Crippen molar-refractivity contribution >= 4 is 21.8 Å². The van der Waals surface area contributed by atoms with Crippen molar-refractivity contribution in [3.8, 4) is 11.1 Å². The van der Waals surface area contributed by atoms with Crippen LogP contribution in [-0.4, -0.2) is 15.0 Å². The number of hydrogen-bond acceptors (Lipinski definition) is 3. The molecule has 0 aliphatic heterocycles. The van der Waals surface area contributed by atoms with Crippen LogP contribution >= 0.6 is 0 Å². The molecule has 5 aromatic rings. The molecule has 0 saturated carbocycles. The molecule has 0 amide bonds. The quantitative estimate of drug-likeness (QED) is 0.285. The minimum atomic E-state index is -0.220. The lowest BCUT2D eigenvalue weighted by atomic mass is 9.82. The summed E-state index contributed by atoms with van der Waals surface area (Å²) in [6, 6.07) is 25.7. The van der Waals surface area contributed by atoms with E-state index in [0.29, 0.717) is 0 Å². The first kappa shape index (κ1) is 22.2. The molecular weight excluding hydrogens is 414 g/mol. The van der Waals surface area contributed by atoms with Gasteiger partial charge in [-0.2, -0.15) is 0 Å². The summed E-state index contributed by atoms with van der Waals surface area (Å²) in [6.45, 7) is 11.2. The molecule has 2 heterocycles. The molecule has 0 aliphatic carbocycles. The minimum Gasteiger partial charge on any atom is -0.256 e. The van der Waals surface area contributed by atoms with E-state index in [0.717, 1.165) is 28.7 Å². The zero-order valence-corrected chi connectivity index (χ0v) is 20.6. The maximum Gasteiger partial charge on any atom is 0.134 e. The van der Waals surface area contributed by atoms with Gasteiger partial charge in [0, 0.05) is 34.1 Å². The molecule has 0 unspecified atom stereocenters. The van der Waals surface area contributed by atoms with E-state index in [2.05, 4.69) is 89.2 Å². The molecule has 3 nitrogen and oxygen atoms in total. The average molecular weight is 446 g/mol. The molecule has 0 bridgehead atoms. The van der Waals surface area contributed by atoms with E-state index < -0.39 is 0 Å². The Morgan fingerprint density at radius 1 is 0.735 bits per heavy atom. The summed E-state index contributed by atoms with van der Waals surface area (Å²) in [5, 5.41) is 2.26. The standard InChI is InChI=1S/C31H31N3/c1-30(2,3)24-15-12-21(13-16-24)26-17-14-22(25-10-8-18-32-28(25)26)19-31(4,5)29-33-20-23-9-6-7-11-27(23)34-29/h6-18,20H,19H2,1-5H3. The van der Waals surface area contributed by atoms with Crippen molar-refractivity contribution in [2.24, 2.45) is 0 Å². The van der Waals surface area contributed by atoms with Crippen molar-refractivity contribution in [1.82, 2.24) is 15.0 Å². The van der Waals surface area contributed by atoms with Gasteiger partial charge in [0.1, 0.15) is 5.82 Å². The topological polar surface area (TPSA) is 38.7 Å². The molecule has 0 aliphatic rings. The fourth-order valence-corrected chi connectivity index (χ4v) is 4.62. The zero-order valence-electron chi connectivity index (χ0n) is 20.6. The molecule has 2 aromatic heterocycles.